The molecule has 0 saturated heterocycles. The molecule has 0 heterocycles. The van der Waals surface area contributed by atoms with E-state index in [4.69, 9.17) is 4.74 Å². The Labute approximate surface area is 184 Å². The summed E-state index contributed by atoms with van der Waals surface area (Å²) in [6, 6.07) is 16.8. The molecule has 0 bridgehead atoms. The van der Waals surface area contributed by atoms with Gasteiger partial charge in [0, 0.05) is 15.7 Å². The van der Waals surface area contributed by atoms with Crippen molar-refractivity contribution in [3.63, 3.8) is 0 Å². The van der Waals surface area contributed by atoms with E-state index in [0.29, 0.717) is 11.4 Å². The second kappa shape index (κ2) is 8.89. The summed E-state index contributed by atoms with van der Waals surface area (Å²) < 4.78 is 34.4. The number of rotatable bonds is 6. The number of halogens is 1. The highest BCUT2D eigenvalue weighted by molar-refractivity contribution is 9.10. The summed E-state index contributed by atoms with van der Waals surface area (Å²) in [4.78, 5) is 12.6. The van der Waals surface area contributed by atoms with Gasteiger partial charge < -0.3 is 10.1 Å². The first-order valence-corrected chi connectivity index (χ1v) is 11.3. The molecule has 0 aliphatic heterocycles. The summed E-state index contributed by atoms with van der Waals surface area (Å²) in [7, 11) is -2.60. The van der Waals surface area contributed by atoms with Crippen LogP contribution in [0.5, 0.6) is 5.75 Å². The molecule has 8 heteroatoms. The van der Waals surface area contributed by atoms with Crippen molar-refractivity contribution in [1.29, 1.82) is 0 Å². The standard InChI is InChI=1S/C22H21BrN2O4S/c1-14-4-8-17(9-5-14)25-30(27,28)21-13-16(7-11-20(21)29-3)22(26)24-19-10-6-15(2)12-18(19)23/h4-13,25H,1-3H3,(H,24,26). The van der Waals surface area contributed by atoms with Gasteiger partial charge in [0.15, 0.2) is 0 Å². The van der Waals surface area contributed by atoms with Gasteiger partial charge in [-0.05, 0) is 77.8 Å². The molecule has 0 spiro atoms. The summed E-state index contributed by atoms with van der Waals surface area (Å²) in [5.74, 6) is -0.295. The fourth-order valence-electron chi connectivity index (χ4n) is 2.78. The van der Waals surface area contributed by atoms with Gasteiger partial charge in [-0.2, -0.15) is 0 Å². The van der Waals surface area contributed by atoms with Crippen LogP contribution in [0.25, 0.3) is 0 Å². The van der Waals surface area contributed by atoms with Crippen molar-refractivity contribution in [3.05, 3.63) is 81.8 Å². The number of sulfonamides is 1. The number of hydrogen-bond donors (Lipinski definition) is 2. The first-order valence-electron chi connectivity index (χ1n) is 9.04. The van der Waals surface area contributed by atoms with Gasteiger partial charge in [-0.3, -0.25) is 9.52 Å². The number of anilines is 2. The number of methoxy groups -OCH3 is 1. The van der Waals surface area contributed by atoms with Crippen LogP contribution >= 0.6 is 15.9 Å². The Morgan fingerprint density at radius 1 is 0.933 bits per heavy atom. The molecule has 0 atom stereocenters. The van der Waals surface area contributed by atoms with Gasteiger partial charge in [0.1, 0.15) is 10.6 Å². The third-order valence-electron chi connectivity index (χ3n) is 4.39. The predicted molar refractivity (Wildman–Crippen MR) is 122 cm³/mol. The van der Waals surface area contributed by atoms with E-state index in [-0.39, 0.29) is 16.2 Å². The third kappa shape index (κ3) is 5.01. The van der Waals surface area contributed by atoms with Gasteiger partial charge in [0.25, 0.3) is 15.9 Å². The van der Waals surface area contributed by atoms with E-state index in [9.17, 15) is 13.2 Å². The Hall–Kier alpha value is -2.84. The van der Waals surface area contributed by atoms with Crippen molar-refractivity contribution in [2.75, 3.05) is 17.1 Å². The Morgan fingerprint density at radius 2 is 1.60 bits per heavy atom. The van der Waals surface area contributed by atoms with E-state index in [1.54, 1.807) is 30.3 Å². The molecule has 156 valence electrons. The first kappa shape index (κ1) is 21.9. The molecule has 0 radical (unpaired) electrons. The summed E-state index contributed by atoms with van der Waals surface area (Å²) in [6.07, 6.45) is 0. The van der Waals surface area contributed by atoms with Crippen molar-refractivity contribution in [3.8, 4) is 5.75 Å². The van der Waals surface area contributed by atoms with Gasteiger partial charge >= 0.3 is 0 Å². The number of aryl methyl sites for hydroxylation is 2. The molecular formula is C22H21BrN2O4S. The summed E-state index contributed by atoms with van der Waals surface area (Å²) in [6.45, 7) is 3.85. The Balaban J connectivity index is 1.92. The molecule has 30 heavy (non-hydrogen) atoms. The fraction of sp³-hybridized carbons (Fsp3) is 0.136. The molecule has 0 aliphatic carbocycles. The second-order valence-corrected chi connectivity index (χ2v) is 9.28. The molecule has 0 aromatic heterocycles. The van der Waals surface area contributed by atoms with Crippen LogP contribution in [0, 0.1) is 13.8 Å². The monoisotopic (exact) mass is 488 g/mol. The van der Waals surface area contributed by atoms with Crippen LogP contribution in [0.2, 0.25) is 0 Å². The second-order valence-electron chi connectivity index (χ2n) is 6.77. The molecule has 3 rings (SSSR count). The maximum Gasteiger partial charge on any atom is 0.265 e. The van der Waals surface area contributed by atoms with Gasteiger partial charge in [-0.25, -0.2) is 8.42 Å². The number of amides is 1. The normalized spacial score (nSPS) is 11.1. The predicted octanol–water partition coefficient (Wildman–Crippen LogP) is 5.13. The molecule has 1 amide bonds. The molecule has 0 saturated carbocycles. The van der Waals surface area contributed by atoms with Gasteiger partial charge in [0.05, 0.1) is 12.8 Å². The molecule has 6 nitrogen and oxygen atoms in total. The number of carbonyl (C=O) groups is 1. The average molecular weight is 489 g/mol. The minimum atomic E-state index is -3.98. The Bertz CT molecular complexity index is 1190. The van der Waals surface area contributed by atoms with E-state index >= 15 is 0 Å². The minimum Gasteiger partial charge on any atom is -0.495 e. The lowest BCUT2D eigenvalue weighted by Gasteiger charge is -2.14. The van der Waals surface area contributed by atoms with E-state index in [1.807, 2.05) is 26.0 Å². The molecule has 2 N–H and O–H groups in total. The fourth-order valence-corrected chi connectivity index (χ4v) is 4.62. The zero-order valence-electron chi connectivity index (χ0n) is 16.7. The van der Waals surface area contributed by atoms with Crippen LogP contribution in [-0.4, -0.2) is 21.4 Å². The third-order valence-corrected chi connectivity index (χ3v) is 6.45. The Kier molecular flexibility index (Phi) is 6.48. The van der Waals surface area contributed by atoms with Crippen LogP contribution < -0.4 is 14.8 Å². The topological polar surface area (TPSA) is 84.5 Å². The molecule has 3 aromatic rings. The average Bonchev–Trinajstić information content (AvgIpc) is 2.71. The number of nitrogens with one attached hydrogen (secondary N) is 2. The van der Waals surface area contributed by atoms with Gasteiger partial charge in [0.2, 0.25) is 0 Å². The molecule has 0 aliphatic rings. The van der Waals surface area contributed by atoms with E-state index in [0.717, 1.165) is 15.6 Å². The van der Waals surface area contributed by atoms with Crippen LogP contribution in [0.4, 0.5) is 11.4 Å². The van der Waals surface area contributed by atoms with Crippen molar-refractivity contribution < 1.29 is 17.9 Å². The largest absolute Gasteiger partial charge is 0.495 e. The quantitative estimate of drug-likeness (QED) is 0.503. The smallest absolute Gasteiger partial charge is 0.265 e. The van der Waals surface area contributed by atoms with Crippen molar-refractivity contribution in [2.45, 2.75) is 18.7 Å². The maximum absolute atomic E-state index is 13.0. The van der Waals surface area contributed by atoms with Crippen LogP contribution in [0.1, 0.15) is 21.5 Å². The summed E-state index contributed by atoms with van der Waals surface area (Å²) >= 11 is 3.42. The van der Waals surface area contributed by atoms with E-state index in [2.05, 4.69) is 26.0 Å². The molecule has 0 unspecified atom stereocenters. The number of carbonyl (C=O) groups excluding carboxylic acids is 1. The lowest BCUT2D eigenvalue weighted by molar-refractivity contribution is 0.102. The summed E-state index contributed by atoms with van der Waals surface area (Å²) in [5.41, 5.74) is 3.24. The zero-order valence-corrected chi connectivity index (χ0v) is 19.1. The highest BCUT2D eigenvalue weighted by Gasteiger charge is 2.22. The van der Waals surface area contributed by atoms with Gasteiger partial charge in [-0.1, -0.05) is 23.8 Å². The highest BCUT2D eigenvalue weighted by atomic mass is 79.9. The number of ether oxygens (including phenoxy) is 1. The van der Waals surface area contributed by atoms with E-state index in [1.165, 1.54) is 25.3 Å². The van der Waals surface area contributed by atoms with Crippen molar-refractivity contribution in [2.24, 2.45) is 0 Å². The number of hydrogen-bond acceptors (Lipinski definition) is 4. The Morgan fingerprint density at radius 3 is 2.23 bits per heavy atom. The lowest BCUT2D eigenvalue weighted by atomic mass is 10.2. The van der Waals surface area contributed by atoms with Gasteiger partial charge in [-0.15, -0.1) is 0 Å². The summed E-state index contributed by atoms with van der Waals surface area (Å²) in [5, 5.41) is 2.78. The zero-order chi connectivity index (χ0) is 21.9. The maximum atomic E-state index is 13.0. The lowest BCUT2D eigenvalue weighted by Crippen LogP contribution is -2.17. The van der Waals surface area contributed by atoms with Crippen molar-refractivity contribution >= 4 is 43.2 Å². The van der Waals surface area contributed by atoms with Crippen LogP contribution in [0.15, 0.2) is 70.0 Å². The SMILES string of the molecule is COc1ccc(C(=O)Nc2ccc(C)cc2Br)cc1S(=O)(=O)Nc1ccc(C)cc1. The first-order chi connectivity index (χ1) is 14.2. The van der Waals surface area contributed by atoms with Crippen molar-refractivity contribution in [1.82, 2.24) is 0 Å². The van der Waals surface area contributed by atoms with E-state index < -0.39 is 15.9 Å². The number of benzene rings is 3. The molecule has 0 fully saturated rings. The molecule has 3 aromatic carbocycles. The van der Waals surface area contributed by atoms with Crippen LogP contribution in [-0.2, 0) is 10.0 Å². The van der Waals surface area contributed by atoms with Crippen LogP contribution in [0.3, 0.4) is 0 Å². The highest BCUT2D eigenvalue weighted by Crippen LogP contribution is 2.28. The molecular weight excluding hydrogens is 468 g/mol. The minimum absolute atomic E-state index is 0.124.